The number of urea groups is 1. The van der Waals surface area contributed by atoms with Crippen LogP contribution in [0.2, 0.25) is 10.0 Å². The molecule has 1 aromatic rings. The Morgan fingerprint density at radius 1 is 1.23 bits per heavy atom. The minimum absolute atomic E-state index is 0.00970. The van der Waals surface area contributed by atoms with Gasteiger partial charge in [0.05, 0.1) is 10.0 Å². The highest BCUT2D eigenvalue weighted by atomic mass is 35.5. The molecule has 3 amide bonds. The summed E-state index contributed by atoms with van der Waals surface area (Å²) in [7, 11) is 0. The molecule has 10 nitrogen and oxygen atoms in total. The molecule has 31 heavy (non-hydrogen) atoms. The van der Waals surface area contributed by atoms with Gasteiger partial charge in [0.2, 0.25) is 11.6 Å². The number of carboxylic acids is 1. The monoisotopic (exact) mass is 474 g/mol. The van der Waals surface area contributed by atoms with Gasteiger partial charge in [-0.15, -0.1) is 0 Å². The smallest absolute Gasteiger partial charge is 0.345 e. The lowest BCUT2D eigenvalue weighted by Crippen LogP contribution is -2.68. The minimum Gasteiger partial charge on any atom is -0.478 e. The molecule has 0 aliphatic carbocycles. The normalized spacial score (nSPS) is 12.7. The van der Waals surface area contributed by atoms with E-state index in [2.05, 4.69) is 15.6 Å². The Kier molecular flexibility index (Phi) is 10.0. The number of aliphatic carboxylic acids is 1. The Bertz CT molecular complexity index is 845. The molecule has 0 fully saturated rings. The van der Waals surface area contributed by atoms with Crippen molar-refractivity contribution >= 4 is 47.1 Å². The molecule has 0 aliphatic heterocycles. The van der Waals surface area contributed by atoms with E-state index in [1.54, 1.807) is 32.0 Å². The third kappa shape index (κ3) is 7.57. The van der Waals surface area contributed by atoms with Crippen LogP contribution in [0.3, 0.4) is 0 Å². The van der Waals surface area contributed by atoms with Crippen LogP contribution in [-0.2, 0) is 16.1 Å². The number of guanidine groups is 1. The number of rotatable bonds is 10. The van der Waals surface area contributed by atoms with Crippen molar-refractivity contribution in [3.63, 3.8) is 0 Å². The zero-order chi connectivity index (χ0) is 23.8. The van der Waals surface area contributed by atoms with E-state index in [4.69, 9.17) is 34.7 Å². The average Bonchev–Trinajstić information content (AvgIpc) is 2.64. The Morgan fingerprint density at radius 2 is 1.87 bits per heavy atom. The molecule has 0 heterocycles. The maximum atomic E-state index is 12.8. The van der Waals surface area contributed by atoms with E-state index in [0.717, 1.165) is 6.92 Å². The van der Waals surface area contributed by atoms with E-state index in [9.17, 15) is 19.5 Å². The van der Waals surface area contributed by atoms with E-state index in [1.165, 1.54) is 0 Å². The number of hydrogen-bond acceptors (Lipinski definition) is 5. The van der Waals surface area contributed by atoms with Gasteiger partial charge in [-0.2, -0.15) is 0 Å². The lowest BCUT2D eigenvalue weighted by Gasteiger charge is -2.39. The van der Waals surface area contributed by atoms with Crippen LogP contribution in [0, 0.1) is 0 Å². The Balaban J connectivity index is 3.34. The molecule has 0 radical (unpaired) electrons. The molecule has 0 saturated heterocycles. The maximum Gasteiger partial charge on any atom is 0.345 e. The van der Waals surface area contributed by atoms with E-state index in [0.29, 0.717) is 15.5 Å². The highest BCUT2D eigenvalue weighted by Gasteiger charge is 2.48. The zero-order valence-electron chi connectivity index (χ0n) is 17.6. The van der Waals surface area contributed by atoms with Crippen LogP contribution in [0.4, 0.5) is 4.79 Å². The van der Waals surface area contributed by atoms with Gasteiger partial charge in [0.25, 0.3) is 0 Å². The number of nitrogens with one attached hydrogen (secondary N) is 2. The highest BCUT2D eigenvalue weighted by Crippen LogP contribution is 2.25. The van der Waals surface area contributed by atoms with Gasteiger partial charge in [0, 0.05) is 26.1 Å². The van der Waals surface area contributed by atoms with Crippen LogP contribution in [0.1, 0.15) is 39.2 Å². The standard InChI is InChI=1S/C19H28Cl2N6O4/c1-11(2)26-18(31)27(12(3)28)19(16(29)30,7-4-8-24-17(22)23)25-10-13-5-6-14(20)15(21)9-13/h5-6,9,11,25H,4,7-8,10H2,1-3H3,(H,26,31)(H,29,30)(H4,22,23,24)/t19-/m0/s1. The second-order valence-electron chi connectivity index (χ2n) is 7.14. The summed E-state index contributed by atoms with van der Waals surface area (Å²) >= 11 is 12.0. The number of amides is 3. The molecule has 0 bridgehead atoms. The summed E-state index contributed by atoms with van der Waals surface area (Å²) in [5, 5.41) is 16.2. The topological polar surface area (TPSA) is 163 Å². The summed E-state index contributed by atoms with van der Waals surface area (Å²) in [4.78, 5) is 42.2. The van der Waals surface area contributed by atoms with Crippen molar-refractivity contribution in [1.29, 1.82) is 0 Å². The molecule has 0 aliphatic rings. The number of aliphatic imine (C=N–C) groups is 1. The van der Waals surface area contributed by atoms with E-state index < -0.39 is 23.6 Å². The predicted octanol–water partition coefficient (Wildman–Crippen LogP) is 1.88. The van der Waals surface area contributed by atoms with Crippen molar-refractivity contribution in [2.75, 3.05) is 6.54 Å². The first-order chi connectivity index (χ1) is 14.4. The molecule has 172 valence electrons. The summed E-state index contributed by atoms with van der Waals surface area (Å²) in [6.45, 7) is 4.61. The van der Waals surface area contributed by atoms with Gasteiger partial charge in [-0.05, 0) is 44.4 Å². The van der Waals surface area contributed by atoms with Crippen LogP contribution in [0.5, 0.6) is 0 Å². The predicted molar refractivity (Wildman–Crippen MR) is 120 cm³/mol. The van der Waals surface area contributed by atoms with Crippen LogP contribution in [0.15, 0.2) is 23.2 Å². The third-order valence-corrected chi connectivity index (χ3v) is 4.96. The highest BCUT2D eigenvalue weighted by molar-refractivity contribution is 6.42. The van der Waals surface area contributed by atoms with Crippen molar-refractivity contribution in [2.45, 2.75) is 51.9 Å². The number of hydrogen-bond donors (Lipinski definition) is 5. The van der Waals surface area contributed by atoms with Crippen molar-refractivity contribution in [2.24, 2.45) is 16.5 Å². The second kappa shape index (κ2) is 11.7. The Labute approximate surface area is 190 Å². The van der Waals surface area contributed by atoms with Gasteiger partial charge in [-0.1, -0.05) is 29.3 Å². The summed E-state index contributed by atoms with van der Waals surface area (Å²) in [5.41, 5.74) is 9.18. The summed E-state index contributed by atoms with van der Waals surface area (Å²) < 4.78 is 0. The third-order valence-electron chi connectivity index (χ3n) is 4.23. The summed E-state index contributed by atoms with van der Waals surface area (Å²) in [6.07, 6.45) is 0.0306. The number of carboxylic acid groups (broad SMARTS) is 1. The number of nitrogens with zero attached hydrogens (tertiary/aromatic N) is 2. The first-order valence-corrected chi connectivity index (χ1v) is 10.2. The van der Waals surface area contributed by atoms with Crippen molar-refractivity contribution in [1.82, 2.24) is 15.5 Å². The van der Waals surface area contributed by atoms with Crippen LogP contribution < -0.4 is 22.1 Å². The molecular formula is C19H28Cl2N6O4. The quantitative estimate of drug-likeness (QED) is 0.149. The van der Waals surface area contributed by atoms with Crippen molar-refractivity contribution < 1.29 is 19.5 Å². The molecule has 12 heteroatoms. The van der Waals surface area contributed by atoms with Crippen molar-refractivity contribution in [3.05, 3.63) is 33.8 Å². The fourth-order valence-electron chi connectivity index (χ4n) is 2.89. The van der Waals surface area contributed by atoms with Crippen LogP contribution in [0.25, 0.3) is 0 Å². The molecule has 7 N–H and O–H groups in total. The maximum absolute atomic E-state index is 12.8. The largest absolute Gasteiger partial charge is 0.478 e. The Hall–Kier alpha value is -2.56. The number of carbonyl (C=O) groups excluding carboxylic acids is 2. The van der Waals surface area contributed by atoms with Crippen LogP contribution >= 0.6 is 23.2 Å². The number of carbonyl (C=O) groups is 3. The fourth-order valence-corrected chi connectivity index (χ4v) is 3.22. The van der Waals surface area contributed by atoms with Gasteiger partial charge >= 0.3 is 12.0 Å². The molecule has 0 unspecified atom stereocenters. The number of imide groups is 1. The lowest BCUT2D eigenvalue weighted by molar-refractivity contribution is -0.158. The molecular weight excluding hydrogens is 447 g/mol. The van der Waals surface area contributed by atoms with Gasteiger partial charge in [-0.25, -0.2) is 14.5 Å². The minimum atomic E-state index is -2.06. The fraction of sp³-hybridized carbons (Fsp3) is 0.474. The van der Waals surface area contributed by atoms with Crippen molar-refractivity contribution in [3.8, 4) is 0 Å². The number of nitrogens with two attached hydrogens (primary N) is 2. The molecule has 1 aromatic carbocycles. The SMILES string of the molecule is CC(=O)N(C(=O)NC(C)C)[C@](CCCN=C(N)N)(NCc1ccc(Cl)c(Cl)c1)C(=O)O. The van der Waals surface area contributed by atoms with Gasteiger partial charge in [-0.3, -0.25) is 15.1 Å². The molecule has 1 rings (SSSR count). The molecule has 0 spiro atoms. The molecule has 1 atom stereocenters. The number of halogens is 2. The summed E-state index contributed by atoms with van der Waals surface area (Å²) in [5.74, 6) is -2.30. The molecule has 0 aromatic heterocycles. The zero-order valence-corrected chi connectivity index (χ0v) is 19.1. The van der Waals surface area contributed by atoms with E-state index in [1.807, 2.05) is 0 Å². The lowest BCUT2D eigenvalue weighted by atomic mass is 10.00. The Morgan fingerprint density at radius 3 is 2.35 bits per heavy atom. The first kappa shape index (κ1) is 26.5. The first-order valence-electron chi connectivity index (χ1n) is 9.49. The summed E-state index contributed by atoms with van der Waals surface area (Å²) in [6, 6.07) is 3.62. The second-order valence-corrected chi connectivity index (χ2v) is 7.95. The van der Waals surface area contributed by atoms with Crippen LogP contribution in [-0.4, -0.2) is 52.1 Å². The van der Waals surface area contributed by atoms with Gasteiger partial charge in [0.1, 0.15) is 0 Å². The van der Waals surface area contributed by atoms with Gasteiger partial charge < -0.3 is 21.9 Å². The van der Waals surface area contributed by atoms with E-state index >= 15 is 0 Å². The number of benzene rings is 1. The molecule has 0 saturated carbocycles. The van der Waals surface area contributed by atoms with E-state index in [-0.39, 0.29) is 43.0 Å². The van der Waals surface area contributed by atoms with Gasteiger partial charge in [0.15, 0.2) is 5.96 Å². The average molecular weight is 475 g/mol.